The number of carbonyl (C=O) groups is 3. The molecule has 1 aliphatic rings. The van der Waals surface area contributed by atoms with Gasteiger partial charge in [-0.25, -0.2) is 0 Å². The van der Waals surface area contributed by atoms with Crippen molar-refractivity contribution in [1.29, 1.82) is 0 Å². The molecule has 0 saturated heterocycles. The molecule has 1 aromatic rings. The third kappa shape index (κ3) is 2.25. The Balaban J connectivity index is 2.48. The molecule has 1 aliphatic heterocycles. The first-order valence-corrected chi connectivity index (χ1v) is 5.74. The molecule has 18 heavy (non-hydrogen) atoms. The highest BCUT2D eigenvalue weighted by molar-refractivity contribution is 6.04. The molecule has 2 amide bonds. The first-order valence-electron chi connectivity index (χ1n) is 5.74. The Morgan fingerprint density at radius 2 is 2.00 bits per heavy atom. The van der Waals surface area contributed by atoms with E-state index >= 15 is 0 Å². The minimum Gasteiger partial charge on any atom is -0.312 e. The molecular formula is C13H14N2O3. The summed E-state index contributed by atoms with van der Waals surface area (Å²) in [6.07, 6.45) is 0.935. The number of fused-ring (bicyclic) bond motifs is 1. The Kier molecular flexibility index (Phi) is 3.41. The van der Waals surface area contributed by atoms with Gasteiger partial charge in [-0.1, -0.05) is 12.1 Å². The fourth-order valence-corrected chi connectivity index (χ4v) is 2.05. The highest BCUT2D eigenvalue weighted by Crippen LogP contribution is 2.31. The molecule has 94 valence electrons. The van der Waals surface area contributed by atoms with Crippen LogP contribution in [-0.4, -0.2) is 31.2 Å². The zero-order valence-electron chi connectivity index (χ0n) is 10.1. The van der Waals surface area contributed by atoms with Crippen molar-refractivity contribution in [2.24, 2.45) is 0 Å². The maximum absolute atomic E-state index is 12.0. The highest BCUT2D eigenvalue weighted by atomic mass is 16.2. The highest BCUT2D eigenvalue weighted by Gasteiger charge is 2.26. The number of hydrogen-bond donors (Lipinski definition) is 0. The molecule has 2 rings (SSSR count). The van der Waals surface area contributed by atoms with Crippen molar-refractivity contribution in [1.82, 2.24) is 0 Å². The summed E-state index contributed by atoms with van der Waals surface area (Å²) in [4.78, 5) is 37.2. The molecule has 5 nitrogen and oxygen atoms in total. The van der Waals surface area contributed by atoms with E-state index in [0.717, 1.165) is 0 Å². The van der Waals surface area contributed by atoms with E-state index in [4.69, 9.17) is 0 Å². The Morgan fingerprint density at radius 3 is 2.61 bits per heavy atom. The lowest BCUT2D eigenvalue weighted by Crippen LogP contribution is -2.34. The fourth-order valence-electron chi connectivity index (χ4n) is 2.05. The van der Waals surface area contributed by atoms with Gasteiger partial charge < -0.3 is 9.80 Å². The summed E-state index contributed by atoms with van der Waals surface area (Å²) in [6, 6.07) is 7.11. The monoisotopic (exact) mass is 246 g/mol. The SMILES string of the molecule is CC(=O)CN1C(=O)CCN(C=O)c2ccccc21. The molecule has 0 unspecified atom stereocenters. The molecule has 0 bridgehead atoms. The van der Waals surface area contributed by atoms with E-state index in [1.54, 1.807) is 24.3 Å². The Bertz CT molecular complexity index is 499. The Hall–Kier alpha value is -2.17. The molecule has 0 aliphatic carbocycles. The van der Waals surface area contributed by atoms with Crippen LogP contribution >= 0.6 is 0 Å². The molecule has 0 radical (unpaired) electrons. The summed E-state index contributed by atoms with van der Waals surface area (Å²) in [7, 11) is 0. The van der Waals surface area contributed by atoms with Crippen LogP contribution in [0.2, 0.25) is 0 Å². The molecule has 0 N–H and O–H groups in total. The summed E-state index contributed by atoms with van der Waals surface area (Å²) in [5, 5.41) is 0. The van der Waals surface area contributed by atoms with E-state index in [0.29, 0.717) is 24.3 Å². The topological polar surface area (TPSA) is 57.7 Å². The average Bonchev–Trinajstić information content (AvgIpc) is 2.48. The van der Waals surface area contributed by atoms with Crippen LogP contribution in [-0.2, 0) is 14.4 Å². The van der Waals surface area contributed by atoms with Gasteiger partial charge >= 0.3 is 0 Å². The van der Waals surface area contributed by atoms with Gasteiger partial charge in [0.05, 0.1) is 17.9 Å². The minimum absolute atomic E-state index is 0.0442. The van der Waals surface area contributed by atoms with Gasteiger partial charge in [-0.2, -0.15) is 0 Å². The second-order valence-electron chi connectivity index (χ2n) is 4.22. The summed E-state index contributed by atoms with van der Waals surface area (Å²) in [5.41, 5.74) is 1.28. The Morgan fingerprint density at radius 1 is 1.33 bits per heavy atom. The zero-order chi connectivity index (χ0) is 13.1. The number of benzene rings is 1. The fraction of sp³-hybridized carbons (Fsp3) is 0.308. The standard InChI is InChI=1S/C13H14N2O3/c1-10(17)8-15-12-5-3-2-4-11(12)14(9-16)7-6-13(15)18/h2-5,9H,6-8H2,1H3. The molecule has 0 saturated carbocycles. The van der Waals surface area contributed by atoms with E-state index in [9.17, 15) is 14.4 Å². The van der Waals surface area contributed by atoms with Gasteiger partial charge in [-0.05, 0) is 19.1 Å². The predicted molar refractivity (Wildman–Crippen MR) is 67.5 cm³/mol. The van der Waals surface area contributed by atoms with E-state index < -0.39 is 0 Å². The lowest BCUT2D eigenvalue weighted by atomic mass is 10.2. The van der Waals surface area contributed by atoms with Crippen LogP contribution in [0.15, 0.2) is 24.3 Å². The molecule has 1 heterocycles. The van der Waals surface area contributed by atoms with Crippen molar-refractivity contribution in [2.45, 2.75) is 13.3 Å². The van der Waals surface area contributed by atoms with Crippen molar-refractivity contribution in [3.8, 4) is 0 Å². The summed E-state index contributed by atoms with van der Waals surface area (Å²) in [6.45, 7) is 1.83. The average molecular weight is 246 g/mol. The van der Waals surface area contributed by atoms with Crippen molar-refractivity contribution in [2.75, 3.05) is 22.9 Å². The summed E-state index contributed by atoms with van der Waals surface area (Å²) in [5.74, 6) is -0.222. The number of hydrogen-bond acceptors (Lipinski definition) is 3. The van der Waals surface area contributed by atoms with Crippen molar-refractivity contribution in [3.05, 3.63) is 24.3 Å². The van der Waals surface area contributed by atoms with E-state index in [2.05, 4.69) is 0 Å². The van der Waals surface area contributed by atoms with E-state index in [1.807, 2.05) is 0 Å². The van der Waals surface area contributed by atoms with Crippen molar-refractivity contribution in [3.63, 3.8) is 0 Å². The number of para-hydroxylation sites is 2. The number of nitrogens with zero attached hydrogens (tertiary/aromatic N) is 2. The number of amides is 2. The predicted octanol–water partition coefficient (Wildman–Crippen LogP) is 0.975. The van der Waals surface area contributed by atoms with Crippen LogP contribution in [0.5, 0.6) is 0 Å². The minimum atomic E-state index is -0.137. The lowest BCUT2D eigenvalue weighted by molar-refractivity contribution is -0.121. The zero-order valence-corrected chi connectivity index (χ0v) is 10.1. The van der Waals surface area contributed by atoms with Gasteiger partial charge in [-0.15, -0.1) is 0 Å². The normalized spacial score (nSPS) is 15.1. The number of carbonyl (C=O) groups excluding carboxylic acids is 3. The first kappa shape index (κ1) is 12.3. The van der Waals surface area contributed by atoms with Gasteiger partial charge in [0.25, 0.3) is 0 Å². The molecule has 0 aromatic heterocycles. The van der Waals surface area contributed by atoms with Gasteiger partial charge in [-0.3, -0.25) is 14.4 Å². The molecule has 1 aromatic carbocycles. The lowest BCUT2D eigenvalue weighted by Gasteiger charge is -2.22. The number of Topliss-reactive ketones (excluding diaryl/α,β-unsaturated/α-hetero) is 1. The third-order valence-corrected chi connectivity index (χ3v) is 2.86. The van der Waals surface area contributed by atoms with Gasteiger partial charge in [0.1, 0.15) is 5.78 Å². The first-order chi connectivity index (χ1) is 8.63. The smallest absolute Gasteiger partial charge is 0.229 e. The molecular weight excluding hydrogens is 232 g/mol. The molecule has 0 spiro atoms. The summed E-state index contributed by atoms with van der Waals surface area (Å²) >= 11 is 0. The van der Waals surface area contributed by atoms with Gasteiger partial charge in [0.15, 0.2) is 0 Å². The van der Waals surface area contributed by atoms with Crippen LogP contribution in [0.25, 0.3) is 0 Å². The van der Waals surface area contributed by atoms with Crippen LogP contribution in [0, 0.1) is 0 Å². The maximum Gasteiger partial charge on any atom is 0.229 e. The van der Waals surface area contributed by atoms with Crippen LogP contribution in [0.3, 0.4) is 0 Å². The van der Waals surface area contributed by atoms with Crippen LogP contribution in [0.1, 0.15) is 13.3 Å². The largest absolute Gasteiger partial charge is 0.312 e. The second-order valence-corrected chi connectivity index (χ2v) is 4.22. The molecule has 5 heteroatoms. The number of anilines is 2. The maximum atomic E-state index is 12.0. The summed E-state index contributed by atoms with van der Waals surface area (Å²) < 4.78 is 0. The van der Waals surface area contributed by atoms with Gasteiger partial charge in [0.2, 0.25) is 12.3 Å². The van der Waals surface area contributed by atoms with Crippen molar-refractivity contribution >= 4 is 29.5 Å². The third-order valence-electron chi connectivity index (χ3n) is 2.86. The van der Waals surface area contributed by atoms with Gasteiger partial charge in [0, 0.05) is 13.0 Å². The van der Waals surface area contributed by atoms with E-state index in [1.165, 1.54) is 16.7 Å². The van der Waals surface area contributed by atoms with Crippen LogP contribution < -0.4 is 9.80 Å². The van der Waals surface area contributed by atoms with E-state index in [-0.39, 0.29) is 24.7 Å². The molecule has 0 atom stereocenters. The Labute approximate surface area is 105 Å². The van der Waals surface area contributed by atoms with Crippen molar-refractivity contribution < 1.29 is 14.4 Å². The number of ketones is 1. The number of rotatable bonds is 3. The molecule has 0 fully saturated rings. The second kappa shape index (κ2) is 5.00. The van der Waals surface area contributed by atoms with Crippen LogP contribution in [0.4, 0.5) is 11.4 Å². The quantitative estimate of drug-likeness (QED) is 0.747.